The van der Waals surface area contributed by atoms with E-state index in [1.807, 2.05) is 0 Å². The third-order valence-corrected chi connectivity index (χ3v) is 1.95. The lowest BCUT2D eigenvalue weighted by atomic mass is 10.2. The smallest absolute Gasteiger partial charge is 0.246 e. The molecule has 2 N–H and O–H groups in total. The molecule has 0 saturated carbocycles. The Kier molecular flexibility index (Phi) is 7.17. The number of ether oxygens (including phenoxy) is 1. The molecule has 0 bridgehead atoms. The zero-order valence-electron chi connectivity index (χ0n) is 7.72. The fourth-order valence-electron chi connectivity index (χ4n) is 0.819. The van der Waals surface area contributed by atoms with Crippen molar-refractivity contribution in [1.29, 1.82) is 0 Å². The van der Waals surface area contributed by atoms with Gasteiger partial charge >= 0.3 is 0 Å². The van der Waals surface area contributed by atoms with Crippen LogP contribution in [-0.2, 0) is 9.53 Å². The lowest BCUT2D eigenvalue weighted by Crippen LogP contribution is -2.49. The van der Waals surface area contributed by atoms with E-state index in [9.17, 15) is 4.79 Å². The van der Waals surface area contributed by atoms with Gasteiger partial charge in [0.1, 0.15) is 6.61 Å². The summed E-state index contributed by atoms with van der Waals surface area (Å²) >= 11 is 3.15. The first-order chi connectivity index (χ1) is 6.18. The Balaban J connectivity index is 0.00000169. The summed E-state index contributed by atoms with van der Waals surface area (Å²) in [5.41, 5.74) is 0. The Hall–Kier alpha value is -0.100. The molecule has 1 heterocycles. The molecule has 14 heavy (non-hydrogen) atoms. The van der Waals surface area contributed by atoms with Crippen LogP contribution in [0, 0.1) is 0 Å². The topological polar surface area (TPSA) is 50.4 Å². The fourth-order valence-corrected chi connectivity index (χ4v) is 0.959. The normalized spacial score (nSPS) is 15.2. The Morgan fingerprint density at radius 1 is 1.64 bits per heavy atom. The number of carbonyl (C=O) groups is 1. The second kappa shape index (κ2) is 7.23. The molecule has 1 saturated heterocycles. The van der Waals surface area contributed by atoms with Crippen molar-refractivity contribution in [2.75, 3.05) is 26.2 Å². The summed E-state index contributed by atoms with van der Waals surface area (Å²) in [6.07, 6.45) is 0.206. The van der Waals surface area contributed by atoms with E-state index in [0.29, 0.717) is 6.54 Å². The van der Waals surface area contributed by atoms with E-state index in [-0.39, 0.29) is 31.0 Å². The predicted molar refractivity (Wildman–Crippen MR) is 60.9 cm³/mol. The van der Waals surface area contributed by atoms with Crippen LogP contribution in [0.3, 0.4) is 0 Å². The van der Waals surface area contributed by atoms with Gasteiger partial charge in [-0.3, -0.25) is 4.79 Å². The molecule has 0 atom stereocenters. The number of carbonyl (C=O) groups excluding carboxylic acids is 1. The van der Waals surface area contributed by atoms with Crippen LogP contribution in [0.2, 0.25) is 0 Å². The highest BCUT2D eigenvalue weighted by Gasteiger charge is 2.17. The predicted octanol–water partition coefficient (Wildman–Crippen LogP) is 0.421. The van der Waals surface area contributed by atoms with Crippen LogP contribution in [0.4, 0.5) is 0 Å². The highest BCUT2D eigenvalue weighted by atomic mass is 79.9. The van der Waals surface area contributed by atoms with Gasteiger partial charge in [0.2, 0.25) is 5.91 Å². The number of hydrogen-bond acceptors (Lipinski definition) is 3. The van der Waals surface area contributed by atoms with Gasteiger partial charge in [0.25, 0.3) is 0 Å². The van der Waals surface area contributed by atoms with Crippen LogP contribution < -0.4 is 10.6 Å². The molecule has 1 amide bonds. The summed E-state index contributed by atoms with van der Waals surface area (Å²) < 4.78 is 6.01. The van der Waals surface area contributed by atoms with Gasteiger partial charge in [-0.1, -0.05) is 22.5 Å². The maximum Gasteiger partial charge on any atom is 0.246 e. The van der Waals surface area contributed by atoms with Crippen molar-refractivity contribution in [3.8, 4) is 0 Å². The molecule has 0 unspecified atom stereocenters. The molecule has 6 heteroatoms. The molecular formula is C8H14BrClN2O2. The molecule has 0 aromatic carbocycles. The van der Waals surface area contributed by atoms with Gasteiger partial charge in [0.05, 0.1) is 6.10 Å². The van der Waals surface area contributed by atoms with Gasteiger partial charge in [-0.25, -0.2) is 0 Å². The second-order valence-corrected chi connectivity index (χ2v) is 4.01. The first kappa shape index (κ1) is 13.9. The fraction of sp³-hybridized carbons (Fsp3) is 0.625. The Morgan fingerprint density at radius 3 is 2.71 bits per heavy atom. The molecule has 1 fully saturated rings. The van der Waals surface area contributed by atoms with Crippen molar-refractivity contribution in [1.82, 2.24) is 10.6 Å². The number of rotatable bonds is 5. The highest BCUT2D eigenvalue weighted by Crippen LogP contribution is 1.98. The zero-order valence-corrected chi connectivity index (χ0v) is 10.1. The van der Waals surface area contributed by atoms with Gasteiger partial charge in [0.15, 0.2) is 0 Å². The molecule has 1 aliphatic heterocycles. The first-order valence-corrected chi connectivity index (χ1v) is 4.90. The number of halogens is 2. The van der Waals surface area contributed by atoms with Crippen molar-refractivity contribution in [2.24, 2.45) is 0 Å². The standard InChI is InChI=1S/C8H13BrN2O2.ClH/c1-6(9)2-11-8(12)5-13-7-3-10-4-7;/h7,10H,1-5H2,(H,11,12);1H. The molecule has 0 radical (unpaired) electrons. The molecule has 0 aromatic rings. The van der Waals surface area contributed by atoms with Gasteiger partial charge in [-0.15, -0.1) is 12.4 Å². The van der Waals surface area contributed by atoms with E-state index < -0.39 is 0 Å². The minimum Gasteiger partial charge on any atom is -0.366 e. The maximum atomic E-state index is 11.1. The van der Waals surface area contributed by atoms with Crippen LogP contribution in [0.25, 0.3) is 0 Å². The van der Waals surface area contributed by atoms with E-state index in [4.69, 9.17) is 4.74 Å². The van der Waals surface area contributed by atoms with Crippen LogP contribution in [0.15, 0.2) is 11.1 Å². The number of nitrogens with one attached hydrogen (secondary N) is 2. The summed E-state index contributed by atoms with van der Waals surface area (Å²) in [6.45, 7) is 5.87. The van der Waals surface area contributed by atoms with E-state index in [2.05, 4.69) is 33.1 Å². The molecule has 0 aliphatic carbocycles. The highest BCUT2D eigenvalue weighted by molar-refractivity contribution is 9.11. The first-order valence-electron chi connectivity index (χ1n) is 4.11. The second-order valence-electron chi connectivity index (χ2n) is 2.89. The van der Waals surface area contributed by atoms with E-state index in [1.165, 1.54) is 0 Å². The molecule has 4 nitrogen and oxygen atoms in total. The summed E-state index contributed by atoms with van der Waals surface area (Å²) in [4.78, 5) is 11.1. The molecule has 1 rings (SSSR count). The SMILES string of the molecule is C=C(Br)CNC(=O)COC1CNC1.Cl. The van der Waals surface area contributed by atoms with Gasteiger partial charge in [0, 0.05) is 24.1 Å². The molecule has 82 valence electrons. The van der Waals surface area contributed by atoms with Crippen LogP contribution >= 0.6 is 28.3 Å². The quantitative estimate of drug-likeness (QED) is 0.770. The van der Waals surface area contributed by atoms with E-state index in [0.717, 1.165) is 17.6 Å². The minimum atomic E-state index is -0.104. The largest absolute Gasteiger partial charge is 0.366 e. The lowest BCUT2D eigenvalue weighted by molar-refractivity contribution is -0.128. The molecule has 0 aromatic heterocycles. The zero-order chi connectivity index (χ0) is 9.68. The minimum absolute atomic E-state index is 0. The van der Waals surface area contributed by atoms with Crippen molar-refractivity contribution in [3.05, 3.63) is 11.1 Å². The summed E-state index contributed by atoms with van der Waals surface area (Å²) in [5, 5.41) is 5.71. The van der Waals surface area contributed by atoms with Crippen molar-refractivity contribution < 1.29 is 9.53 Å². The van der Waals surface area contributed by atoms with Gasteiger partial charge in [-0.2, -0.15) is 0 Å². The van der Waals surface area contributed by atoms with Gasteiger partial charge in [-0.05, 0) is 0 Å². The van der Waals surface area contributed by atoms with Crippen LogP contribution in [-0.4, -0.2) is 38.3 Å². The number of hydrogen-bond donors (Lipinski definition) is 2. The summed E-state index contributed by atoms with van der Waals surface area (Å²) in [6, 6.07) is 0. The number of amides is 1. The Bertz CT molecular complexity index is 210. The Morgan fingerprint density at radius 2 is 2.29 bits per heavy atom. The van der Waals surface area contributed by atoms with Crippen molar-refractivity contribution >= 4 is 34.2 Å². The van der Waals surface area contributed by atoms with E-state index >= 15 is 0 Å². The lowest BCUT2D eigenvalue weighted by Gasteiger charge is -2.26. The third-order valence-electron chi connectivity index (χ3n) is 1.67. The molecular weight excluding hydrogens is 271 g/mol. The average molecular weight is 286 g/mol. The average Bonchev–Trinajstić information content (AvgIpc) is 1.98. The van der Waals surface area contributed by atoms with Crippen molar-refractivity contribution in [2.45, 2.75) is 6.10 Å². The maximum absolute atomic E-state index is 11.1. The third kappa shape index (κ3) is 5.59. The van der Waals surface area contributed by atoms with Crippen molar-refractivity contribution in [3.63, 3.8) is 0 Å². The molecule has 1 aliphatic rings. The van der Waals surface area contributed by atoms with Crippen LogP contribution in [0.5, 0.6) is 0 Å². The molecule has 0 spiro atoms. The monoisotopic (exact) mass is 284 g/mol. The van der Waals surface area contributed by atoms with Gasteiger partial charge < -0.3 is 15.4 Å². The van der Waals surface area contributed by atoms with Crippen LogP contribution in [0.1, 0.15) is 0 Å². The summed E-state index contributed by atoms with van der Waals surface area (Å²) in [7, 11) is 0. The summed E-state index contributed by atoms with van der Waals surface area (Å²) in [5.74, 6) is -0.104. The van der Waals surface area contributed by atoms with E-state index in [1.54, 1.807) is 0 Å². The Labute approximate surface area is 98.0 Å².